The number of hydrogen-bond acceptors (Lipinski definition) is 5. The van der Waals surface area contributed by atoms with Gasteiger partial charge in [-0.05, 0) is 43.2 Å². The van der Waals surface area contributed by atoms with Gasteiger partial charge in [0.25, 0.3) is 15.9 Å². The molecule has 1 aliphatic rings. The van der Waals surface area contributed by atoms with Crippen LogP contribution in [0.15, 0.2) is 53.4 Å². The number of rotatable bonds is 8. The first-order chi connectivity index (χ1) is 15.2. The summed E-state index contributed by atoms with van der Waals surface area (Å²) in [4.78, 5) is 39.6. The lowest BCUT2D eigenvalue weighted by atomic mass is 10.1. The second-order valence-corrected chi connectivity index (χ2v) is 9.70. The maximum absolute atomic E-state index is 13.2. The summed E-state index contributed by atoms with van der Waals surface area (Å²) in [5.41, 5.74) is 0.732. The largest absolute Gasteiger partial charge is 0.354 e. The SMILES string of the molecule is CCCNC(=O)[C@H](C)N(Cc1ccc(Cl)cc1)C(=O)CN1C(=O)c2ccccc2S1(=O)=O. The highest BCUT2D eigenvalue weighted by molar-refractivity contribution is 7.90. The van der Waals surface area contributed by atoms with Gasteiger partial charge < -0.3 is 10.2 Å². The zero-order valence-electron chi connectivity index (χ0n) is 17.7. The molecule has 0 radical (unpaired) electrons. The molecular formula is C22H24ClN3O5S. The second-order valence-electron chi connectivity index (χ2n) is 7.43. The topological polar surface area (TPSA) is 104 Å². The van der Waals surface area contributed by atoms with Gasteiger partial charge in [0.05, 0.1) is 5.56 Å². The number of fused-ring (bicyclic) bond motifs is 1. The van der Waals surface area contributed by atoms with Crippen molar-refractivity contribution < 1.29 is 22.8 Å². The Balaban J connectivity index is 1.87. The van der Waals surface area contributed by atoms with Crippen LogP contribution in [0.25, 0.3) is 0 Å². The van der Waals surface area contributed by atoms with Gasteiger partial charge in [0.1, 0.15) is 17.5 Å². The molecule has 10 heteroatoms. The van der Waals surface area contributed by atoms with Crippen LogP contribution in [-0.4, -0.2) is 54.5 Å². The molecule has 0 spiro atoms. The van der Waals surface area contributed by atoms with E-state index in [1.54, 1.807) is 37.3 Å². The first-order valence-corrected chi connectivity index (χ1v) is 12.0. The standard InChI is InChI=1S/C22H24ClN3O5S/c1-3-12-24-21(28)15(2)25(13-16-8-10-17(23)11-9-16)20(27)14-26-22(29)18-6-4-5-7-19(18)32(26,30)31/h4-11,15H,3,12-14H2,1-2H3,(H,24,28)/t15-/m0/s1. The Morgan fingerprint density at radius 1 is 1.12 bits per heavy atom. The number of benzene rings is 2. The summed E-state index contributed by atoms with van der Waals surface area (Å²) in [5, 5.41) is 3.26. The summed E-state index contributed by atoms with van der Waals surface area (Å²) in [6.07, 6.45) is 0.725. The third-order valence-electron chi connectivity index (χ3n) is 5.17. The van der Waals surface area contributed by atoms with Gasteiger partial charge >= 0.3 is 0 Å². The Morgan fingerprint density at radius 3 is 2.41 bits per heavy atom. The van der Waals surface area contributed by atoms with Crippen molar-refractivity contribution >= 4 is 39.3 Å². The van der Waals surface area contributed by atoms with Crippen molar-refractivity contribution in [3.63, 3.8) is 0 Å². The van der Waals surface area contributed by atoms with Crippen molar-refractivity contribution in [3.8, 4) is 0 Å². The van der Waals surface area contributed by atoms with Crippen LogP contribution in [-0.2, 0) is 26.2 Å². The van der Waals surface area contributed by atoms with Gasteiger partial charge in [-0.15, -0.1) is 0 Å². The molecule has 8 nitrogen and oxygen atoms in total. The second kappa shape index (κ2) is 9.70. The van der Waals surface area contributed by atoms with Gasteiger partial charge in [-0.3, -0.25) is 14.4 Å². The van der Waals surface area contributed by atoms with Gasteiger partial charge in [0, 0.05) is 18.1 Å². The van der Waals surface area contributed by atoms with Crippen molar-refractivity contribution in [2.45, 2.75) is 37.8 Å². The fourth-order valence-electron chi connectivity index (χ4n) is 3.37. The van der Waals surface area contributed by atoms with E-state index in [4.69, 9.17) is 11.6 Å². The number of nitrogens with one attached hydrogen (secondary N) is 1. The first-order valence-electron chi connectivity index (χ1n) is 10.1. The first kappa shape index (κ1) is 23.7. The maximum atomic E-state index is 13.2. The van der Waals surface area contributed by atoms with E-state index < -0.39 is 34.4 Å². The highest BCUT2D eigenvalue weighted by atomic mass is 35.5. The van der Waals surface area contributed by atoms with Crippen LogP contribution >= 0.6 is 11.6 Å². The van der Waals surface area contributed by atoms with E-state index in [9.17, 15) is 22.8 Å². The van der Waals surface area contributed by atoms with Crippen LogP contribution < -0.4 is 5.32 Å². The predicted molar refractivity (Wildman–Crippen MR) is 119 cm³/mol. The Labute approximate surface area is 192 Å². The summed E-state index contributed by atoms with van der Waals surface area (Å²) >= 11 is 5.93. The Hall–Kier alpha value is -2.91. The van der Waals surface area contributed by atoms with Gasteiger partial charge in [-0.1, -0.05) is 42.8 Å². The molecule has 32 heavy (non-hydrogen) atoms. The van der Waals surface area contributed by atoms with Crippen molar-refractivity contribution in [2.24, 2.45) is 0 Å². The normalized spacial score (nSPS) is 15.2. The lowest BCUT2D eigenvalue weighted by Gasteiger charge is -2.30. The summed E-state index contributed by atoms with van der Waals surface area (Å²) in [6, 6.07) is 11.7. The number of nitrogens with zero attached hydrogens (tertiary/aromatic N) is 2. The Kier molecular flexibility index (Phi) is 7.20. The molecule has 2 aromatic carbocycles. The van der Waals surface area contributed by atoms with Crippen LogP contribution in [0.1, 0.15) is 36.2 Å². The lowest BCUT2D eigenvalue weighted by molar-refractivity contribution is -0.140. The van der Waals surface area contributed by atoms with E-state index in [0.717, 1.165) is 6.42 Å². The fraction of sp³-hybridized carbons (Fsp3) is 0.318. The molecule has 0 saturated carbocycles. The highest BCUT2D eigenvalue weighted by Crippen LogP contribution is 2.30. The molecule has 2 aromatic rings. The lowest BCUT2D eigenvalue weighted by Crippen LogP contribution is -2.51. The van der Waals surface area contributed by atoms with Crippen LogP contribution in [0, 0.1) is 0 Å². The van der Waals surface area contributed by atoms with E-state index in [2.05, 4.69) is 5.32 Å². The minimum Gasteiger partial charge on any atom is -0.354 e. The average molecular weight is 478 g/mol. The van der Waals surface area contributed by atoms with Crippen LogP contribution in [0.2, 0.25) is 5.02 Å². The highest BCUT2D eigenvalue weighted by Gasteiger charge is 2.43. The molecule has 1 N–H and O–H groups in total. The third-order valence-corrected chi connectivity index (χ3v) is 7.21. The number of halogens is 1. The fourth-order valence-corrected chi connectivity index (χ4v) is 5.01. The molecule has 0 fully saturated rings. The van der Waals surface area contributed by atoms with Gasteiger partial charge in [0.15, 0.2) is 0 Å². The molecule has 1 atom stereocenters. The maximum Gasteiger partial charge on any atom is 0.269 e. The Bertz CT molecular complexity index is 1130. The molecular weight excluding hydrogens is 454 g/mol. The van der Waals surface area contributed by atoms with E-state index >= 15 is 0 Å². The number of sulfonamides is 1. The molecule has 0 aliphatic carbocycles. The number of carbonyl (C=O) groups is 3. The van der Waals surface area contributed by atoms with Crippen molar-refractivity contribution in [1.82, 2.24) is 14.5 Å². The summed E-state index contributed by atoms with van der Waals surface area (Å²) in [7, 11) is -4.14. The van der Waals surface area contributed by atoms with Crippen LogP contribution in [0.3, 0.4) is 0 Å². The third kappa shape index (κ3) is 4.78. The molecule has 3 rings (SSSR count). The van der Waals surface area contributed by atoms with Gasteiger partial charge in [-0.2, -0.15) is 0 Å². The van der Waals surface area contributed by atoms with E-state index in [1.165, 1.54) is 23.1 Å². The van der Waals surface area contributed by atoms with Crippen LogP contribution in [0.4, 0.5) is 0 Å². The molecule has 3 amide bonds. The van der Waals surface area contributed by atoms with Crippen LogP contribution in [0.5, 0.6) is 0 Å². The predicted octanol–water partition coefficient (Wildman–Crippen LogP) is 2.43. The van der Waals surface area contributed by atoms with E-state index in [1.807, 2.05) is 6.92 Å². The van der Waals surface area contributed by atoms with E-state index in [0.29, 0.717) is 21.4 Å². The average Bonchev–Trinajstić information content (AvgIpc) is 2.97. The minimum absolute atomic E-state index is 0.0262. The van der Waals surface area contributed by atoms with Crippen molar-refractivity contribution in [3.05, 3.63) is 64.7 Å². The molecule has 0 aromatic heterocycles. The molecule has 1 heterocycles. The molecule has 170 valence electrons. The molecule has 1 aliphatic heterocycles. The van der Waals surface area contributed by atoms with Crippen molar-refractivity contribution in [1.29, 1.82) is 0 Å². The van der Waals surface area contributed by atoms with E-state index in [-0.39, 0.29) is 22.9 Å². The monoisotopic (exact) mass is 477 g/mol. The Morgan fingerprint density at radius 2 is 1.78 bits per heavy atom. The minimum atomic E-state index is -4.14. The zero-order chi connectivity index (χ0) is 23.5. The zero-order valence-corrected chi connectivity index (χ0v) is 19.3. The molecule has 0 saturated heterocycles. The van der Waals surface area contributed by atoms with Crippen molar-refractivity contribution in [2.75, 3.05) is 13.1 Å². The smallest absolute Gasteiger partial charge is 0.269 e. The van der Waals surface area contributed by atoms with Gasteiger partial charge in [-0.25, -0.2) is 12.7 Å². The number of hydrogen-bond donors (Lipinski definition) is 1. The van der Waals surface area contributed by atoms with Gasteiger partial charge in [0.2, 0.25) is 11.8 Å². The number of carbonyl (C=O) groups excluding carboxylic acids is 3. The molecule has 0 unspecified atom stereocenters. The summed E-state index contributed by atoms with van der Waals surface area (Å²) in [6.45, 7) is 3.26. The summed E-state index contributed by atoms with van der Waals surface area (Å²) < 4.78 is 26.2. The number of amides is 3. The molecule has 0 bridgehead atoms. The quantitative estimate of drug-likeness (QED) is 0.628. The summed E-state index contributed by atoms with van der Waals surface area (Å²) in [5.74, 6) is -1.79.